The van der Waals surface area contributed by atoms with E-state index < -0.39 is 0 Å². The lowest BCUT2D eigenvalue weighted by Crippen LogP contribution is -2.16. The van der Waals surface area contributed by atoms with Gasteiger partial charge < -0.3 is 15.6 Å². The number of aromatic amines is 1. The molecule has 0 unspecified atom stereocenters. The van der Waals surface area contributed by atoms with Crippen molar-refractivity contribution in [3.05, 3.63) is 71.6 Å². The van der Waals surface area contributed by atoms with Gasteiger partial charge in [-0.2, -0.15) is 0 Å². The third kappa shape index (κ3) is 4.52. The van der Waals surface area contributed by atoms with Crippen LogP contribution in [0.2, 0.25) is 0 Å². The molecule has 1 aliphatic rings. The highest BCUT2D eigenvalue weighted by Crippen LogP contribution is 2.25. The van der Waals surface area contributed by atoms with E-state index >= 15 is 0 Å². The van der Waals surface area contributed by atoms with Gasteiger partial charge in [0.05, 0.1) is 11.9 Å². The largest absolute Gasteiger partial charge is 0.369 e. The molecule has 4 aromatic rings. The number of H-pyrrole nitrogens is 1. The number of halogens is 2. The summed E-state index contributed by atoms with van der Waals surface area (Å²) in [5.74, 6) is 0.960. The predicted octanol–water partition coefficient (Wildman–Crippen LogP) is 3.92. The van der Waals surface area contributed by atoms with Gasteiger partial charge in [0.1, 0.15) is 11.6 Å². The molecule has 0 saturated carbocycles. The number of para-hydroxylation sites is 1. The van der Waals surface area contributed by atoms with Gasteiger partial charge in [-0.15, -0.1) is 12.4 Å². The number of pyridine rings is 1. The van der Waals surface area contributed by atoms with Crippen LogP contribution in [0.15, 0.2) is 48.9 Å². The topological polar surface area (TPSA) is 78.5 Å². The maximum absolute atomic E-state index is 13.7. The van der Waals surface area contributed by atoms with Crippen molar-refractivity contribution < 1.29 is 4.39 Å². The summed E-state index contributed by atoms with van der Waals surface area (Å²) in [6, 6.07) is 9.75. The second-order valence-corrected chi connectivity index (χ2v) is 7.50. The molecule has 0 amide bonds. The van der Waals surface area contributed by atoms with Crippen LogP contribution in [0, 0.1) is 5.82 Å². The van der Waals surface area contributed by atoms with Crippen molar-refractivity contribution in [1.29, 1.82) is 0 Å². The maximum Gasteiger partial charge on any atom is 0.163 e. The quantitative estimate of drug-likeness (QED) is 0.440. The number of nitrogens with one attached hydrogen (secondary N) is 3. The average molecular weight is 439 g/mol. The summed E-state index contributed by atoms with van der Waals surface area (Å²) in [5, 5.41) is 8.18. The van der Waals surface area contributed by atoms with Gasteiger partial charge in [-0.25, -0.2) is 14.4 Å². The van der Waals surface area contributed by atoms with Crippen molar-refractivity contribution >= 4 is 29.1 Å². The number of nitrogens with zero attached hydrogens (tertiary/aromatic N) is 3. The molecule has 3 aromatic heterocycles. The molecule has 5 rings (SSSR count). The van der Waals surface area contributed by atoms with E-state index in [9.17, 15) is 4.39 Å². The lowest BCUT2D eigenvalue weighted by atomic mass is 10.1. The maximum atomic E-state index is 13.7. The van der Waals surface area contributed by atoms with Gasteiger partial charge >= 0.3 is 0 Å². The van der Waals surface area contributed by atoms with Crippen molar-refractivity contribution in [2.45, 2.75) is 19.3 Å². The van der Waals surface area contributed by atoms with Crippen molar-refractivity contribution in [2.24, 2.45) is 0 Å². The molecule has 0 saturated heterocycles. The summed E-state index contributed by atoms with van der Waals surface area (Å²) in [6.45, 7) is 2.52. The Labute approximate surface area is 186 Å². The van der Waals surface area contributed by atoms with Gasteiger partial charge in [0, 0.05) is 53.9 Å². The molecule has 0 radical (unpaired) electrons. The van der Waals surface area contributed by atoms with Gasteiger partial charge in [-0.1, -0.05) is 18.2 Å². The van der Waals surface area contributed by atoms with Crippen LogP contribution >= 0.6 is 12.4 Å². The lowest BCUT2D eigenvalue weighted by molar-refractivity contribution is 0.622. The van der Waals surface area contributed by atoms with Crippen LogP contribution in [0.25, 0.3) is 22.3 Å². The molecule has 1 aromatic carbocycles. The molecule has 31 heavy (non-hydrogen) atoms. The van der Waals surface area contributed by atoms with Crippen LogP contribution in [0.4, 0.5) is 10.2 Å². The third-order valence-electron chi connectivity index (χ3n) is 5.51. The van der Waals surface area contributed by atoms with Crippen LogP contribution in [0.5, 0.6) is 0 Å². The molecule has 0 spiro atoms. The Morgan fingerprint density at radius 2 is 1.94 bits per heavy atom. The smallest absolute Gasteiger partial charge is 0.163 e. The Morgan fingerprint density at radius 3 is 2.84 bits per heavy atom. The van der Waals surface area contributed by atoms with Gasteiger partial charge in [0.2, 0.25) is 0 Å². The number of benzene rings is 1. The van der Waals surface area contributed by atoms with Crippen LogP contribution in [0.1, 0.15) is 16.8 Å². The van der Waals surface area contributed by atoms with Crippen molar-refractivity contribution in [1.82, 2.24) is 25.3 Å². The Balaban J connectivity index is 0.00000231. The van der Waals surface area contributed by atoms with E-state index in [4.69, 9.17) is 9.97 Å². The highest BCUT2D eigenvalue weighted by atomic mass is 35.5. The summed E-state index contributed by atoms with van der Waals surface area (Å²) in [6.07, 6.45) is 7.43. The zero-order chi connectivity index (χ0) is 20.3. The highest BCUT2D eigenvalue weighted by Gasteiger charge is 2.18. The number of fused-ring (bicyclic) bond motifs is 2. The molecule has 8 heteroatoms. The Bertz CT molecular complexity index is 1190. The van der Waals surface area contributed by atoms with Crippen molar-refractivity contribution in [2.75, 3.05) is 25.0 Å². The van der Waals surface area contributed by atoms with E-state index in [0.717, 1.165) is 61.5 Å². The summed E-state index contributed by atoms with van der Waals surface area (Å²) in [7, 11) is 0. The minimum Gasteiger partial charge on any atom is -0.369 e. The van der Waals surface area contributed by atoms with Crippen LogP contribution in [-0.4, -0.2) is 39.6 Å². The van der Waals surface area contributed by atoms with Gasteiger partial charge in [-0.05, 0) is 37.1 Å². The number of hydrogen-bond acceptors (Lipinski definition) is 5. The van der Waals surface area contributed by atoms with Gasteiger partial charge in [-0.3, -0.25) is 4.98 Å². The van der Waals surface area contributed by atoms with Crippen LogP contribution in [-0.2, 0) is 19.3 Å². The zero-order valence-electron chi connectivity index (χ0n) is 17.0. The Hall–Kier alpha value is -3.03. The standard InChI is InChI=1S/C23H23FN6.ClH/c24-17-11-16(12-26-14-17)22-29-21-7-9-25-8-6-19(21)23(30-22)27-10-5-15-13-28-20-4-2-1-3-18(15)20;/h1-4,11-14,25,28H,5-10H2,(H,27,29,30);1H. The highest BCUT2D eigenvalue weighted by molar-refractivity contribution is 5.85. The SMILES string of the molecule is Cl.Fc1cncc(-c2nc3c(c(NCCc4c[nH]c5ccccc45)n2)CCNCC3)c1. The molecule has 6 nitrogen and oxygen atoms in total. The van der Waals surface area contributed by atoms with Crippen LogP contribution < -0.4 is 10.6 Å². The minimum absolute atomic E-state index is 0. The Kier molecular flexibility index (Phi) is 6.44. The fraction of sp³-hybridized carbons (Fsp3) is 0.261. The summed E-state index contributed by atoms with van der Waals surface area (Å²) in [4.78, 5) is 16.8. The summed E-state index contributed by atoms with van der Waals surface area (Å²) in [5.41, 5.74) is 5.18. The number of rotatable bonds is 5. The molecule has 160 valence electrons. The van der Waals surface area contributed by atoms with Crippen LogP contribution in [0.3, 0.4) is 0 Å². The number of hydrogen-bond donors (Lipinski definition) is 3. The monoisotopic (exact) mass is 438 g/mol. The normalized spacial score (nSPS) is 13.3. The number of aromatic nitrogens is 4. The first-order valence-electron chi connectivity index (χ1n) is 10.3. The molecule has 0 fully saturated rings. The molecule has 0 atom stereocenters. The Morgan fingerprint density at radius 1 is 1.06 bits per heavy atom. The van der Waals surface area contributed by atoms with E-state index in [1.54, 1.807) is 6.20 Å². The molecule has 0 bridgehead atoms. The predicted molar refractivity (Wildman–Crippen MR) is 123 cm³/mol. The first kappa shape index (κ1) is 21.2. The second-order valence-electron chi connectivity index (χ2n) is 7.50. The minimum atomic E-state index is -0.387. The molecular weight excluding hydrogens is 415 g/mol. The fourth-order valence-corrected chi connectivity index (χ4v) is 4.01. The van der Waals surface area contributed by atoms with Gasteiger partial charge in [0.15, 0.2) is 5.82 Å². The van der Waals surface area contributed by atoms with E-state index in [0.29, 0.717) is 11.4 Å². The van der Waals surface area contributed by atoms with Gasteiger partial charge in [0.25, 0.3) is 0 Å². The van der Waals surface area contributed by atoms with Crippen molar-refractivity contribution in [3.8, 4) is 11.4 Å². The summed E-state index contributed by atoms with van der Waals surface area (Å²) < 4.78 is 13.7. The first-order chi connectivity index (χ1) is 14.8. The third-order valence-corrected chi connectivity index (χ3v) is 5.51. The molecule has 0 aliphatic carbocycles. The average Bonchev–Trinajstić information content (AvgIpc) is 3.02. The van der Waals surface area contributed by atoms with E-state index in [2.05, 4.69) is 45.0 Å². The first-order valence-corrected chi connectivity index (χ1v) is 10.3. The lowest BCUT2D eigenvalue weighted by Gasteiger charge is -2.15. The molecule has 1 aliphatic heterocycles. The fourth-order valence-electron chi connectivity index (χ4n) is 4.01. The molecule has 3 N–H and O–H groups in total. The molecule has 4 heterocycles. The van der Waals surface area contributed by atoms with E-state index in [-0.39, 0.29) is 18.2 Å². The van der Waals surface area contributed by atoms with E-state index in [1.807, 2.05) is 6.07 Å². The molecular formula is C23H24ClFN6. The summed E-state index contributed by atoms with van der Waals surface area (Å²) >= 11 is 0. The zero-order valence-corrected chi connectivity index (χ0v) is 17.8. The van der Waals surface area contributed by atoms with E-state index in [1.165, 1.54) is 23.2 Å². The second kappa shape index (κ2) is 9.41. The number of anilines is 1. The van der Waals surface area contributed by atoms with Crippen molar-refractivity contribution in [3.63, 3.8) is 0 Å².